The molecule has 1 aromatic heterocycles. The van der Waals surface area contributed by atoms with Crippen molar-refractivity contribution < 1.29 is 5.11 Å². The summed E-state index contributed by atoms with van der Waals surface area (Å²) in [6.45, 7) is 2.53. The Morgan fingerprint density at radius 1 is 1.39 bits per heavy atom. The molecule has 0 amide bonds. The Labute approximate surface area is 106 Å². The molecule has 1 aromatic carbocycles. The first-order valence-electron chi connectivity index (χ1n) is 5.97. The summed E-state index contributed by atoms with van der Waals surface area (Å²) in [4.78, 5) is 10.5. The summed E-state index contributed by atoms with van der Waals surface area (Å²) < 4.78 is 0. The van der Waals surface area contributed by atoms with E-state index in [0.29, 0.717) is 12.1 Å². The minimum Gasteiger partial charge on any atom is -0.399 e. The minimum absolute atomic E-state index is 0.309. The van der Waals surface area contributed by atoms with Gasteiger partial charge in [0.15, 0.2) is 0 Å². The molecular weight excluding hydrogens is 228 g/mol. The normalized spacial score (nSPS) is 12.6. The fraction of sp³-hybridized carbons (Fsp3) is 0.385. The maximum absolute atomic E-state index is 9.32. The van der Waals surface area contributed by atoms with Crippen LogP contribution in [0, 0.1) is 0 Å². The molecule has 2 aromatic rings. The van der Waals surface area contributed by atoms with Gasteiger partial charge in [0.2, 0.25) is 0 Å². The third-order valence-corrected chi connectivity index (χ3v) is 2.88. The van der Waals surface area contributed by atoms with Gasteiger partial charge >= 0.3 is 0 Å². The van der Waals surface area contributed by atoms with Crippen molar-refractivity contribution in [1.29, 1.82) is 0 Å². The Kier molecular flexibility index (Phi) is 3.62. The molecule has 1 heterocycles. The number of nitrogens with two attached hydrogens (primary N) is 1. The number of anilines is 2. The quantitative estimate of drug-likeness (QED) is 0.798. The minimum atomic E-state index is -0.309. The number of rotatable bonds is 4. The van der Waals surface area contributed by atoms with E-state index >= 15 is 0 Å². The maximum atomic E-state index is 9.32. The predicted molar refractivity (Wildman–Crippen MR) is 73.5 cm³/mol. The summed E-state index contributed by atoms with van der Waals surface area (Å²) in [5.41, 5.74) is 7.27. The number of hydrogen-bond donors (Lipinski definition) is 2. The Balaban J connectivity index is 2.32. The Hall–Kier alpha value is -1.88. The van der Waals surface area contributed by atoms with Gasteiger partial charge in [0.25, 0.3) is 0 Å². The summed E-state index contributed by atoms with van der Waals surface area (Å²) in [5, 5.41) is 10.3. The Morgan fingerprint density at radius 2 is 2.17 bits per heavy atom. The van der Waals surface area contributed by atoms with Gasteiger partial charge in [-0.3, -0.25) is 0 Å². The van der Waals surface area contributed by atoms with Crippen LogP contribution >= 0.6 is 0 Å². The van der Waals surface area contributed by atoms with Gasteiger partial charge in [0, 0.05) is 24.7 Å². The number of fused-ring (bicyclic) bond motifs is 1. The van der Waals surface area contributed by atoms with Crippen molar-refractivity contribution in [3.8, 4) is 0 Å². The molecule has 2 rings (SSSR count). The van der Waals surface area contributed by atoms with Crippen LogP contribution in [0.5, 0.6) is 0 Å². The van der Waals surface area contributed by atoms with Crippen molar-refractivity contribution in [2.45, 2.75) is 19.4 Å². The van der Waals surface area contributed by atoms with E-state index in [0.717, 1.165) is 23.3 Å². The molecule has 0 saturated heterocycles. The SMILES string of the molecule is CC(O)CCN(C)c1ncnc2cc(N)ccc12. The van der Waals surface area contributed by atoms with Gasteiger partial charge in [-0.05, 0) is 31.5 Å². The standard InChI is InChI=1S/C13H18N4O/c1-9(18)5-6-17(2)13-11-4-3-10(14)7-12(11)15-8-16-13/h3-4,7-9,18H,5-6,14H2,1-2H3. The lowest BCUT2D eigenvalue weighted by Crippen LogP contribution is -2.23. The topological polar surface area (TPSA) is 75.3 Å². The summed E-state index contributed by atoms with van der Waals surface area (Å²) in [5.74, 6) is 0.862. The fourth-order valence-corrected chi connectivity index (χ4v) is 1.85. The first kappa shape index (κ1) is 12.6. The molecule has 18 heavy (non-hydrogen) atoms. The molecule has 0 saturated carbocycles. The van der Waals surface area contributed by atoms with Gasteiger partial charge in [-0.15, -0.1) is 0 Å². The molecule has 1 atom stereocenters. The van der Waals surface area contributed by atoms with Crippen molar-refractivity contribution >= 4 is 22.4 Å². The highest BCUT2D eigenvalue weighted by molar-refractivity contribution is 5.91. The molecule has 5 heteroatoms. The Bertz CT molecular complexity index is 542. The van der Waals surface area contributed by atoms with E-state index in [1.807, 2.05) is 30.1 Å². The highest BCUT2D eigenvalue weighted by Gasteiger charge is 2.09. The molecule has 0 aliphatic rings. The average Bonchev–Trinajstić information content (AvgIpc) is 2.34. The molecule has 1 unspecified atom stereocenters. The maximum Gasteiger partial charge on any atom is 0.139 e. The van der Waals surface area contributed by atoms with Crippen LogP contribution in [0.2, 0.25) is 0 Å². The average molecular weight is 246 g/mol. The number of aliphatic hydroxyl groups is 1. The summed E-state index contributed by atoms with van der Waals surface area (Å²) in [6.07, 6.45) is 1.93. The molecule has 5 nitrogen and oxygen atoms in total. The highest BCUT2D eigenvalue weighted by Crippen LogP contribution is 2.23. The second-order valence-corrected chi connectivity index (χ2v) is 4.53. The van der Waals surface area contributed by atoms with Gasteiger partial charge in [0.1, 0.15) is 12.1 Å². The third-order valence-electron chi connectivity index (χ3n) is 2.88. The zero-order chi connectivity index (χ0) is 13.1. The lowest BCUT2D eigenvalue weighted by Gasteiger charge is -2.20. The Morgan fingerprint density at radius 3 is 2.89 bits per heavy atom. The van der Waals surface area contributed by atoms with Gasteiger partial charge in [0.05, 0.1) is 11.6 Å². The van der Waals surface area contributed by atoms with Crippen LogP contribution in [0.15, 0.2) is 24.5 Å². The molecule has 0 bridgehead atoms. The number of hydrogen-bond acceptors (Lipinski definition) is 5. The largest absolute Gasteiger partial charge is 0.399 e. The van der Waals surface area contributed by atoms with E-state index in [1.54, 1.807) is 6.92 Å². The summed E-state index contributed by atoms with van der Waals surface area (Å²) in [6, 6.07) is 5.61. The van der Waals surface area contributed by atoms with Crippen molar-refractivity contribution in [3.63, 3.8) is 0 Å². The van der Waals surface area contributed by atoms with Crippen LogP contribution in [-0.2, 0) is 0 Å². The summed E-state index contributed by atoms with van der Waals surface area (Å²) >= 11 is 0. The first-order valence-corrected chi connectivity index (χ1v) is 5.97. The number of aliphatic hydroxyl groups excluding tert-OH is 1. The third kappa shape index (κ3) is 2.68. The van der Waals surface area contributed by atoms with Crippen LogP contribution in [0.25, 0.3) is 10.9 Å². The lowest BCUT2D eigenvalue weighted by atomic mass is 10.2. The van der Waals surface area contributed by atoms with E-state index in [1.165, 1.54) is 6.33 Å². The lowest BCUT2D eigenvalue weighted by molar-refractivity contribution is 0.187. The summed E-state index contributed by atoms with van der Waals surface area (Å²) in [7, 11) is 1.96. The molecule has 0 radical (unpaired) electrons. The smallest absolute Gasteiger partial charge is 0.139 e. The van der Waals surface area contributed by atoms with Gasteiger partial charge in [-0.25, -0.2) is 9.97 Å². The van der Waals surface area contributed by atoms with Gasteiger partial charge in [-0.1, -0.05) is 0 Å². The van der Waals surface area contributed by atoms with Crippen molar-refractivity contribution in [3.05, 3.63) is 24.5 Å². The van der Waals surface area contributed by atoms with Crippen LogP contribution in [0.3, 0.4) is 0 Å². The molecule has 0 aliphatic heterocycles. The molecule has 0 fully saturated rings. The molecule has 3 N–H and O–H groups in total. The van der Waals surface area contributed by atoms with E-state index in [9.17, 15) is 5.11 Å². The predicted octanol–water partition coefficient (Wildman–Crippen LogP) is 1.42. The van der Waals surface area contributed by atoms with E-state index in [4.69, 9.17) is 5.73 Å². The van der Waals surface area contributed by atoms with Crippen LogP contribution in [0.1, 0.15) is 13.3 Å². The van der Waals surface area contributed by atoms with Crippen molar-refractivity contribution in [1.82, 2.24) is 9.97 Å². The van der Waals surface area contributed by atoms with Crippen molar-refractivity contribution in [2.24, 2.45) is 0 Å². The molecule has 96 valence electrons. The highest BCUT2D eigenvalue weighted by atomic mass is 16.3. The first-order chi connectivity index (χ1) is 8.58. The molecule has 0 spiro atoms. The number of nitrogens with zero attached hydrogens (tertiary/aromatic N) is 3. The number of aromatic nitrogens is 2. The van der Waals surface area contributed by atoms with Crippen molar-refractivity contribution in [2.75, 3.05) is 24.2 Å². The van der Waals surface area contributed by atoms with Crippen LogP contribution in [-0.4, -0.2) is 34.8 Å². The number of benzene rings is 1. The van der Waals surface area contributed by atoms with E-state index in [2.05, 4.69) is 9.97 Å². The molecule has 0 aliphatic carbocycles. The van der Waals surface area contributed by atoms with Gasteiger partial charge < -0.3 is 15.7 Å². The van der Waals surface area contributed by atoms with Crippen LogP contribution in [0.4, 0.5) is 11.5 Å². The molecular formula is C13H18N4O. The second kappa shape index (κ2) is 5.18. The second-order valence-electron chi connectivity index (χ2n) is 4.53. The van der Waals surface area contributed by atoms with E-state index < -0.39 is 0 Å². The van der Waals surface area contributed by atoms with Gasteiger partial charge in [-0.2, -0.15) is 0 Å². The zero-order valence-corrected chi connectivity index (χ0v) is 10.7. The fourth-order valence-electron chi connectivity index (χ4n) is 1.85. The van der Waals surface area contributed by atoms with E-state index in [-0.39, 0.29) is 6.10 Å². The number of nitrogen functional groups attached to an aromatic ring is 1. The van der Waals surface area contributed by atoms with Crippen LogP contribution < -0.4 is 10.6 Å². The monoisotopic (exact) mass is 246 g/mol. The zero-order valence-electron chi connectivity index (χ0n) is 10.7.